The summed E-state index contributed by atoms with van der Waals surface area (Å²) in [7, 11) is 0. The molecule has 0 amide bonds. The van der Waals surface area contributed by atoms with Crippen LogP contribution in [0.2, 0.25) is 5.02 Å². The minimum absolute atomic E-state index is 0.0509. The number of benzene rings is 2. The number of anilines is 1. The van der Waals surface area contributed by atoms with E-state index in [1.165, 1.54) is 30.3 Å². The third-order valence-corrected chi connectivity index (χ3v) is 7.26. The molecule has 0 N–H and O–H groups in total. The Hall–Kier alpha value is -2.39. The third-order valence-electron chi connectivity index (χ3n) is 5.92. The zero-order chi connectivity index (χ0) is 24.5. The van der Waals surface area contributed by atoms with Crippen LogP contribution in [-0.2, 0) is 6.54 Å². The van der Waals surface area contributed by atoms with Gasteiger partial charge in [-0.2, -0.15) is 30.0 Å². The number of hydrogen-bond donors (Lipinski definition) is 0. The van der Waals surface area contributed by atoms with Crippen LogP contribution in [0, 0.1) is 17.6 Å². The van der Waals surface area contributed by atoms with Crippen LogP contribution in [0.1, 0.15) is 30.4 Å². The number of allylic oxidation sites excluding steroid dienone is 1. The molecule has 0 radical (unpaired) electrons. The van der Waals surface area contributed by atoms with Gasteiger partial charge >= 0.3 is 6.18 Å². The lowest BCUT2D eigenvalue weighted by Crippen LogP contribution is -2.28. The molecular weight excluding hydrogens is 493 g/mol. The van der Waals surface area contributed by atoms with Crippen LogP contribution in [0.3, 0.4) is 0 Å². The Bertz CT molecular complexity index is 1160. The monoisotopic (exact) mass is 513 g/mol. The van der Waals surface area contributed by atoms with Crippen molar-refractivity contribution in [3.63, 3.8) is 0 Å². The molecule has 0 saturated carbocycles. The van der Waals surface area contributed by atoms with E-state index in [1.807, 2.05) is 16.7 Å². The first-order valence-corrected chi connectivity index (χ1v) is 12.2. The maximum Gasteiger partial charge on any atom is 0.431 e. The predicted octanol–water partition coefficient (Wildman–Crippen LogP) is 7.39. The van der Waals surface area contributed by atoms with Crippen LogP contribution >= 0.6 is 23.4 Å². The summed E-state index contributed by atoms with van der Waals surface area (Å²) in [5.41, 5.74) is 0.975. The van der Waals surface area contributed by atoms with Crippen LogP contribution in [0.5, 0.6) is 0 Å². The molecule has 0 aliphatic carbocycles. The fourth-order valence-corrected chi connectivity index (χ4v) is 5.24. The number of halogens is 6. The molecule has 1 saturated heterocycles. The summed E-state index contributed by atoms with van der Waals surface area (Å²) in [4.78, 5) is 1.82. The number of thioether (sulfide) groups is 1. The van der Waals surface area contributed by atoms with Gasteiger partial charge in [0.05, 0.1) is 17.3 Å². The van der Waals surface area contributed by atoms with E-state index in [0.717, 1.165) is 30.0 Å². The second-order valence-corrected chi connectivity index (χ2v) is 9.77. The number of nitrogens with zero attached hydrogens (tertiary/aromatic N) is 3. The van der Waals surface area contributed by atoms with Crippen molar-refractivity contribution in [3.8, 4) is 0 Å². The van der Waals surface area contributed by atoms with Crippen LogP contribution in [0.25, 0.3) is 0 Å². The molecule has 0 unspecified atom stereocenters. The molecule has 10 heteroatoms. The summed E-state index contributed by atoms with van der Waals surface area (Å²) in [5, 5.41) is 6.72. The molecule has 1 fully saturated rings. The Kier molecular flexibility index (Phi) is 7.33. The van der Waals surface area contributed by atoms with Gasteiger partial charge in [0.1, 0.15) is 17.3 Å². The van der Waals surface area contributed by atoms with Gasteiger partial charge in [0.2, 0.25) is 0 Å². The quantitative estimate of drug-likeness (QED) is 0.377. The van der Waals surface area contributed by atoms with E-state index < -0.39 is 29.9 Å². The number of hydrogen-bond acceptors (Lipinski definition) is 4. The van der Waals surface area contributed by atoms with Gasteiger partial charge in [-0.25, -0.2) is 8.78 Å². The van der Waals surface area contributed by atoms with Crippen LogP contribution in [0.4, 0.5) is 27.6 Å². The van der Waals surface area contributed by atoms with Gasteiger partial charge in [-0.3, -0.25) is 0 Å². The van der Waals surface area contributed by atoms with Gasteiger partial charge in [-0.05, 0) is 48.6 Å². The van der Waals surface area contributed by atoms with Gasteiger partial charge in [-0.15, -0.1) is 5.10 Å². The van der Waals surface area contributed by atoms with Gasteiger partial charge in [0.25, 0.3) is 0 Å². The molecule has 0 aromatic heterocycles. The Morgan fingerprint density at radius 3 is 2.41 bits per heavy atom. The van der Waals surface area contributed by atoms with Crippen molar-refractivity contribution in [3.05, 3.63) is 76.5 Å². The van der Waals surface area contributed by atoms with Crippen LogP contribution in [0.15, 0.2) is 58.9 Å². The Labute approximate surface area is 203 Å². The fourth-order valence-electron chi connectivity index (χ4n) is 3.95. The Balaban J connectivity index is 1.58. The van der Waals surface area contributed by atoms with Crippen molar-refractivity contribution in [1.82, 2.24) is 0 Å². The van der Waals surface area contributed by atoms with Crippen molar-refractivity contribution < 1.29 is 22.0 Å². The highest BCUT2D eigenvalue weighted by Crippen LogP contribution is 2.35. The van der Waals surface area contributed by atoms with E-state index in [0.29, 0.717) is 11.3 Å². The van der Waals surface area contributed by atoms with E-state index >= 15 is 4.39 Å². The Morgan fingerprint density at radius 2 is 1.79 bits per heavy atom. The highest BCUT2D eigenvalue weighted by atomic mass is 35.5. The molecule has 34 heavy (non-hydrogen) atoms. The van der Waals surface area contributed by atoms with E-state index in [4.69, 9.17) is 11.6 Å². The molecule has 2 aromatic carbocycles. The summed E-state index contributed by atoms with van der Waals surface area (Å²) in [6, 6.07) is 8.51. The summed E-state index contributed by atoms with van der Waals surface area (Å²) in [6.07, 6.45) is -3.22. The van der Waals surface area contributed by atoms with E-state index in [9.17, 15) is 17.6 Å². The molecule has 2 aliphatic rings. The molecule has 0 atom stereocenters. The van der Waals surface area contributed by atoms with E-state index in [2.05, 4.69) is 16.8 Å². The van der Waals surface area contributed by atoms with Crippen molar-refractivity contribution in [2.24, 2.45) is 16.1 Å². The molecule has 2 heterocycles. The van der Waals surface area contributed by atoms with Crippen LogP contribution in [-0.4, -0.2) is 29.1 Å². The highest BCUT2D eigenvalue weighted by Gasteiger charge is 2.39. The standard InChI is InChI=1S/C24H21ClF5N3S/c1-14(15-6-8-34-9-7-15)33(18-4-5-20(26)19(25)11-18)13-17-3-2-16(10-21(17)27)22-12-23(32-31-22)24(28,29)30/h2-5,10-11,15H,1,6-9,12-13H2. The molecule has 3 nitrogen and oxygen atoms in total. The van der Waals surface area contributed by atoms with Gasteiger partial charge in [0.15, 0.2) is 0 Å². The van der Waals surface area contributed by atoms with Crippen LogP contribution < -0.4 is 4.90 Å². The maximum atomic E-state index is 15.1. The minimum atomic E-state index is -4.57. The lowest BCUT2D eigenvalue weighted by atomic mass is 9.97. The first-order chi connectivity index (χ1) is 16.1. The Morgan fingerprint density at radius 1 is 1.06 bits per heavy atom. The number of rotatable bonds is 6. The first-order valence-electron chi connectivity index (χ1n) is 10.6. The second-order valence-electron chi connectivity index (χ2n) is 8.14. The lowest BCUT2D eigenvalue weighted by Gasteiger charge is -2.34. The van der Waals surface area contributed by atoms with Crippen molar-refractivity contribution in [2.75, 3.05) is 16.4 Å². The second kappa shape index (κ2) is 10.1. The smallest absolute Gasteiger partial charge is 0.341 e. The third kappa shape index (κ3) is 5.46. The lowest BCUT2D eigenvalue weighted by molar-refractivity contribution is -0.0596. The van der Waals surface area contributed by atoms with Gasteiger partial charge in [0, 0.05) is 34.9 Å². The molecule has 0 spiro atoms. The number of alkyl halides is 3. The zero-order valence-corrected chi connectivity index (χ0v) is 19.6. The first kappa shape index (κ1) is 24.7. The molecule has 180 valence electrons. The molecular formula is C24H21ClF5N3S. The van der Waals surface area contributed by atoms with Crippen molar-refractivity contribution in [1.29, 1.82) is 0 Å². The zero-order valence-electron chi connectivity index (χ0n) is 18.0. The molecule has 0 bridgehead atoms. The molecule has 2 aromatic rings. The fraction of sp³-hybridized carbons (Fsp3) is 0.333. The summed E-state index contributed by atoms with van der Waals surface area (Å²) < 4.78 is 67.4. The SMILES string of the molecule is C=C(C1CCSCC1)N(Cc1ccc(C2=NN=C(C(F)(F)F)C2)cc1F)c1ccc(F)c(Cl)c1. The minimum Gasteiger partial charge on any atom is -0.341 e. The molecule has 4 rings (SSSR count). The average Bonchev–Trinajstić information content (AvgIpc) is 3.31. The van der Waals surface area contributed by atoms with E-state index in [-0.39, 0.29) is 28.8 Å². The topological polar surface area (TPSA) is 28.0 Å². The predicted molar refractivity (Wildman–Crippen MR) is 128 cm³/mol. The van der Waals surface area contributed by atoms with Crippen molar-refractivity contribution >= 4 is 40.5 Å². The van der Waals surface area contributed by atoms with Crippen molar-refractivity contribution in [2.45, 2.75) is 32.0 Å². The van der Waals surface area contributed by atoms with Gasteiger partial charge in [-0.1, -0.05) is 30.3 Å². The largest absolute Gasteiger partial charge is 0.431 e. The normalized spacial score (nSPS) is 16.9. The summed E-state index contributed by atoms with van der Waals surface area (Å²) >= 11 is 7.88. The molecule has 2 aliphatic heterocycles. The van der Waals surface area contributed by atoms with E-state index in [1.54, 1.807) is 6.07 Å². The summed E-state index contributed by atoms with van der Waals surface area (Å²) in [5.74, 6) is 1.03. The highest BCUT2D eigenvalue weighted by molar-refractivity contribution is 7.99. The average molecular weight is 514 g/mol. The maximum absolute atomic E-state index is 15.1. The summed E-state index contributed by atoms with van der Waals surface area (Å²) in [6.45, 7) is 4.37. The van der Waals surface area contributed by atoms with Gasteiger partial charge < -0.3 is 4.90 Å².